The van der Waals surface area contributed by atoms with E-state index in [2.05, 4.69) is 5.32 Å². The molecule has 0 saturated heterocycles. The molecular weight excluding hydrogens is 308 g/mol. The molecular formula is C18H20N2O4. The fraction of sp³-hybridized carbons (Fsp3) is 0.333. The van der Waals surface area contributed by atoms with Gasteiger partial charge in [-0.1, -0.05) is 0 Å². The molecule has 0 unspecified atom stereocenters. The van der Waals surface area contributed by atoms with Crippen LogP contribution in [-0.2, 0) is 4.79 Å². The second kappa shape index (κ2) is 6.39. The highest BCUT2D eigenvalue weighted by Crippen LogP contribution is 2.48. The van der Waals surface area contributed by atoms with Crippen molar-refractivity contribution in [1.82, 2.24) is 4.90 Å². The maximum Gasteiger partial charge on any atom is 0.253 e. The first kappa shape index (κ1) is 16.1. The van der Waals surface area contributed by atoms with Crippen molar-refractivity contribution in [2.45, 2.75) is 12.3 Å². The van der Waals surface area contributed by atoms with Gasteiger partial charge in [-0.25, -0.2) is 0 Å². The first-order valence-electron chi connectivity index (χ1n) is 7.75. The molecule has 1 fully saturated rings. The van der Waals surface area contributed by atoms with Crippen molar-refractivity contribution < 1.29 is 18.7 Å². The van der Waals surface area contributed by atoms with Crippen molar-refractivity contribution in [2.75, 3.05) is 26.5 Å². The zero-order valence-electron chi connectivity index (χ0n) is 13.9. The normalized spacial score (nSPS) is 18.8. The summed E-state index contributed by atoms with van der Waals surface area (Å²) in [5.74, 6) is 1.16. The van der Waals surface area contributed by atoms with Crippen LogP contribution in [0.3, 0.4) is 0 Å². The lowest BCUT2D eigenvalue weighted by atomic mass is 10.1. The molecule has 0 bridgehead atoms. The van der Waals surface area contributed by atoms with E-state index in [9.17, 15) is 9.59 Å². The molecule has 1 N–H and O–H groups in total. The Morgan fingerprint density at radius 1 is 1.29 bits per heavy atom. The number of anilines is 1. The smallest absolute Gasteiger partial charge is 0.253 e. The van der Waals surface area contributed by atoms with Crippen molar-refractivity contribution in [2.24, 2.45) is 5.92 Å². The molecule has 24 heavy (non-hydrogen) atoms. The Morgan fingerprint density at radius 3 is 2.71 bits per heavy atom. The summed E-state index contributed by atoms with van der Waals surface area (Å²) in [5, 5.41) is 2.88. The monoisotopic (exact) mass is 328 g/mol. The molecule has 1 saturated carbocycles. The molecule has 126 valence electrons. The van der Waals surface area contributed by atoms with Crippen LogP contribution in [0.4, 0.5) is 5.69 Å². The highest BCUT2D eigenvalue weighted by Gasteiger charge is 2.46. The van der Waals surface area contributed by atoms with Gasteiger partial charge in [-0.15, -0.1) is 0 Å². The van der Waals surface area contributed by atoms with Crippen molar-refractivity contribution in [1.29, 1.82) is 0 Å². The number of rotatable bonds is 5. The molecule has 0 spiro atoms. The second-order valence-corrected chi connectivity index (χ2v) is 6.07. The number of carbonyl (C=O) groups is 2. The summed E-state index contributed by atoms with van der Waals surface area (Å²) < 4.78 is 10.7. The Balaban J connectivity index is 1.71. The largest absolute Gasteiger partial charge is 0.495 e. The number of hydrogen-bond acceptors (Lipinski definition) is 4. The van der Waals surface area contributed by atoms with Gasteiger partial charge in [-0.05, 0) is 36.8 Å². The molecule has 0 aliphatic heterocycles. The summed E-state index contributed by atoms with van der Waals surface area (Å²) in [7, 11) is 4.89. The lowest BCUT2D eigenvalue weighted by molar-refractivity contribution is -0.117. The summed E-state index contributed by atoms with van der Waals surface area (Å²) >= 11 is 0. The molecule has 3 rings (SSSR count). The summed E-state index contributed by atoms with van der Waals surface area (Å²) in [6, 6.07) is 8.72. The van der Waals surface area contributed by atoms with Crippen LogP contribution in [0.5, 0.6) is 5.75 Å². The number of nitrogens with one attached hydrogen (secondary N) is 1. The van der Waals surface area contributed by atoms with Crippen LogP contribution < -0.4 is 10.1 Å². The Kier molecular flexibility index (Phi) is 4.29. The van der Waals surface area contributed by atoms with E-state index in [-0.39, 0.29) is 23.7 Å². The Hall–Kier alpha value is -2.76. The predicted molar refractivity (Wildman–Crippen MR) is 89.2 cm³/mol. The quantitative estimate of drug-likeness (QED) is 0.916. The van der Waals surface area contributed by atoms with E-state index in [0.29, 0.717) is 17.0 Å². The van der Waals surface area contributed by atoms with Crippen molar-refractivity contribution in [3.8, 4) is 5.75 Å². The van der Waals surface area contributed by atoms with Gasteiger partial charge in [-0.2, -0.15) is 0 Å². The standard InChI is InChI=1S/C18H20N2O4/c1-20(2)18(22)11-6-7-14(16(9-11)23-3)19-17(21)13-10-12(13)15-5-4-8-24-15/h4-9,12-13H,10H2,1-3H3,(H,19,21)/t12-,13-/m1/s1. The number of amides is 2. The topological polar surface area (TPSA) is 71.8 Å². The number of furan rings is 1. The van der Waals surface area contributed by atoms with Gasteiger partial charge in [0.2, 0.25) is 5.91 Å². The van der Waals surface area contributed by atoms with Crippen molar-refractivity contribution in [3.63, 3.8) is 0 Å². The molecule has 1 aliphatic rings. The fourth-order valence-electron chi connectivity index (χ4n) is 2.71. The minimum Gasteiger partial charge on any atom is -0.495 e. The van der Waals surface area contributed by atoms with Gasteiger partial charge in [0.15, 0.2) is 0 Å². The zero-order valence-corrected chi connectivity index (χ0v) is 13.9. The maximum atomic E-state index is 12.4. The third kappa shape index (κ3) is 3.13. The number of ether oxygens (including phenoxy) is 1. The molecule has 2 aromatic rings. The molecule has 1 aliphatic carbocycles. The van der Waals surface area contributed by atoms with Crippen LogP contribution in [0.2, 0.25) is 0 Å². The molecule has 6 nitrogen and oxygen atoms in total. The average Bonchev–Trinajstić information content (AvgIpc) is 3.20. The van der Waals surface area contributed by atoms with Gasteiger partial charge in [0.1, 0.15) is 11.5 Å². The lowest BCUT2D eigenvalue weighted by Crippen LogP contribution is -2.22. The van der Waals surface area contributed by atoms with E-state index in [1.807, 2.05) is 12.1 Å². The van der Waals surface area contributed by atoms with E-state index in [4.69, 9.17) is 9.15 Å². The third-order valence-electron chi connectivity index (χ3n) is 4.15. The number of methoxy groups -OCH3 is 1. The molecule has 2 amide bonds. The summed E-state index contributed by atoms with van der Waals surface area (Å²) in [4.78, 5) is 25.9. The molecule has 1 aromatic heterocycles. The van der Waals surface area contributed by atoms with Gasteiger partial charge >= 0.3 is 0 Å². The van der Waals surface area contributed by atoms with Gasteiger partial charge < -0.3 is 19.4 Å². The third-order valence-corrected chi connectivity index (χ3v) is 4.15. The van der Waals surface area contributed by atoms with Gasteiger partial charge in [0.25, 0.3) is 5.91 Å². The number of hydrogen-bond donors (Lipinski definition) is 1. The van der Waals surface area contributed by atoms with Crippen molar-refractivity contribution in [3.05, 3.63) is 47.9 Å². The van der Waals surface area contributed by atoms with E-state index >= 15 is 0 Å². The molecule has 2 atom stereocenters. The highest BCUT2D eigenvalue weighted by molar-refractivity contribution is 5.98. The minimum absolute atomic E-state index is 0.0682. The average molecular weight is 328 g/mol. The summed E-state index contributed by atoms with van der Waals surface area (Å²) in [6.45, 7) is 0. The Labute approximate surface area is 140 Å². The van der Waals surface area contributed by atoms with Gasteiger partial charge in [-0.3, -0.25) is 9.59 Å². The molecule has 1 heterocycles. The van der Waals surface area contributed by atoms with E-state index in [1.165, 1.54) is 12.0 Å². The van der Waals surface area contributed by atoms with E-state index < -0.39 is 0 Å². The number of nitrogens with zero attached hydrogens (tertiary/aromatic N) is 1. The van der Waals surface area contributed by atoms with Crippen LogP contribution in [0.25, 0.3) is 0 Å². The highest BCUT2D eigenvalue weighted by atomic mass is 16.5. The fourth-order valence-corrected chi connectivity index (χ4v) is 2.71. The van der Waals surface area contributed by atoms with Crippen LogP contribution >= 0.6 is 0 Å². The van der Waals surface area contributed by atoms with Gasteiger partial charge in [0, 0.05) is 31.5 Å². The van der Waals surface area contributed by atoms with E-state index in [1.54, 1.807) is 38.6 Å². The second-order valence-electron chi connectivity index (χ2n) is 6.07. The Bertz CT molecular complexity index is 752. The van der Waals surface area contributed by atoms with E-state index in [0.717, 1.165) is 12.2 Å². The molecule has 0 radical (unpaired) electrons. The summed E-state index contributed by atoms with van der Waals surface area (Å²) in [6.07, 6.45) is 2.39. The van der Waals surface area contributed by atoms with Crippen LogP contribution in [0, 0.1) is 5.92 Å². The maximum absolute atomic E-state index is 12.4. The van der Waals surface area contributed by atoms with Crippen LogP contribution in [0.15, 0.2) is 41.0 Å². The number of carbonyl (C=O) groups excluding carboxylic acids is 2. The summed E-state index contributed by atoms with van der Waals surface area (Å²) in [5.41, 5.74) is 1.07. The van der Waals surface area contributed by atoms with Crippen molar-refractivity contribution >= 4 is 17.5 Å². The molecule has 1 aromatic carbocycles. The zero-order chi connectivity index (χ0) is 17.3. The first-order valence-corrected chi connectivity index (χ1v) is 7.75. The molecule has 6 heteroatoms. The first-order chi connectivity index (χ1) is 11.5. The minimum atomic E-state index is -0.119. The lowest BCUT2D eigenvalue weighted by Gasteiger charge is -2.14. The predicted octanol–water partition coefficient (Wildman–Crippen LogP) is 2.73. The SMILES string of the molecule is COc1cc(C(=O)N(C)C)ccc1NC(=O)[C@@H]1C[C@H]1c1ccco1. The Morgan fingerprint density at radius 2 is 2.08 bits per heavy atom. The van der Waals surface area contributed by atoms with Gasteiger partial charge in [0.05, 0.1) is 19.1 Å². The van der Waals surface area contributed by atoms with Crippen LogP contribution in [0.1, 0.15) is 28.5 Å². The number of benzene rings is 1. The van der Waals surface area contributed by atoms with Crippen LogP contribution in [-0.4, -0.2) is 37.9 Å².